The Kier molecular flexibility index (Phi) is 7.26. The molecule has 0 saturated carbocycles. The van der Waals surface area contributed by atoms with Gasteiger partial charge in [0.15, 0.2) is 5.16 Å². The number of thioether (sulfide) groups is 2. The maximum absolute atomic E-state index is 12.5. The number of fused-ring (bicyclic) bond motifs is 1. The molecule has 0 bridgehead atoms. The van der Waals surface area contributed by atoms with Crippen LogP contribution in [0.3, 0.4) is 0 Å². The van der Waals surface area contributed by atoms with Gasteiger partial charge >= 0.3 is 0 Å². The van der Waals surface area contributed by atoms with E-state index in [1.165, 1.54) is 23.5 Å². The van der Waals surface area contributed by atoms with Crippen molar-refractivity contribution in [1.82, 2.24) is 9.55 Å². The average Bonchev–Trinajstić information content (AvgIpc) is 3.02. The van der Waals surface area contributed by atoms with Crippen LogP contribution in [-0.2, 0) is 11.3 Å². The van der Waals surface area contributed by atoms with E-state index in [2.05, 4.69) is 27.9 Å². The zero-order valence-corrected chi connectivity index (χ0v) is 17.7. The largest absolute Gasteiger partial charge is 0.324 e. The number of para-hydroxylation sites is 1. The van der Waals surface area contributed by atoms with Crippen molar-refractivity contribution in [2.24, 2.45) is 0 Å². The molecule has 2 aromatic carbocycles. The Labute approximate surface area is 177 Å². The summed E-state index contributed by atoms with van der Waals surface area (Å²) >= 11 is 8.90. The van der Waals surface area contributed by atoms with Crippen LogP contribution in [0.15, 0.2) is 52.5 Å². The molecule has 1 aromatic heterocycles. The molecule has 28 heavy (non-hydrogen) atoms. The van der Waals surface area contributed by atoms with E-state index in [0.717, 1.165) is 39.7 Å². The van der Waals surface area contributed by atoms with Crippen molar-refractivity contribution >= 4 is 57.8 Å². The molecule has 0 aliphatic carbocycles. The number of nitriles is 1. The van der Waals surface area contributed by atoms with Gasteiger partial charge in [0, 0.05) is 16.5 Å². The normalized spacial score (nSPS) is 10.8. The Bertz CT molecular complexity index is 1030. The van der Waals surface area contributed by atoms with Crippen LogP contribution in [0.25, 0.3) is 11.0 Å². The SMILES string of the molecule is CCCn1c(SCC(=O)Nc2ccccc2SCC#N)nc2cc(Cl)ccc21. The smallest absolute Gasteiger partial charge is 0.234 e. The number of hydrogen-bond donors (Lipinski definition) is 1. The van der Waals surface area contributed by atoms with Gasteiger partial charge in [-0.2, -0.15) is 5.26 Å². The number of aryl methyl sites for hydroxylation is 1. The summed E-state index contributed by atoms with van der Waals surface area (Å²) in [7, 11) is 0. The second-order valence-electron chi connectivity index (χ2n) is 5.96. The van der Waals surface area contributed by atoms with E-state index in [4.69, 9.17) is 16.9 Å². The van der Waals surface area contributed by atoms with E-state index in [9.17, 15) is 4.79 Å². The Balaban J connectivity index is 1.71. The number of amides is 1. The summed E-state index contributed by atoms with van der Waals surface area (Å²) in [5.74, 6) is 0.478. The molecule has 0 atom stereocenters. The second-order valence-corrected chi connectivity index (χ2v) is 8.35. The van der Waals surface area contributed by atoms with Crippen molar-refractivity contribution in [3.8, 4) is 6.07 Å². The zero-order valence-electron chi connectivity index (χ0n) is 15.3. The molecular formula is C20H19ClN4OS2. The van der Waals surface area contributed by atoms with Crippen molar-refractivity contribution in [2.45, 2.75) is 29.9 Å². The fourth-order valence-corrected chi connectivity index (χ4v) is 4.43. The van der Waals surface area contributed by atoms with Crippen LogP contribution in [-0.4, -0.2) is 27.0 Å². The number of hydrogen-bond acceptors (Lipinski definition) is 5. The average molecular weight is 431 g/mol. The third-order valence-electron chi connectivity index (χ3n) is 3.91. The summed E-state index contributed by atoms with van der Waals surface area (Å²) in [6.07, 6.45) is 0.970. The van der Waals surface area contributed by atoms with E-state index in [0.29, 0.717) is 10.8 Å². The molecule has 3 rings (SSSR count). The van der Waals surface area contributed by atoms with Gasteiger partial charge < -0.3 is 9.88 Å². The van der Waals surface area contributed by atoms with Gasteiger partial charge in [0.25, 0.3) is 0 Å². The van der Waals surface area contributed by atoms with Crippen LogP contribution in [0.4, 0.5) is 5.69 Å². The monoisotopic (exact) mass is 430 g/mol. The van der Waals surface area contributed by atoms with Gasteiger partial charge in [-0.1, -0.05) is 42.4 Å². The molecule has 0 aliphatic rings. The number of aromatic nitrogens is 2. The lowest BCUT2D eigenvalue weighted by Gasteiger charge is -2.10. The molecule has 1 heterocycles. The predicted molar refractivity (Wildman–Crippen MR) is 117 cm³/mol. The second kappa shape index (κ2) is 9.87. The van der Waals surface area contributed by atoms with Crippen molar-refractivity contribution < 1.29 is 4.79 Å². The van der Waals surface area contributed by atoms with Crippen molar-refractivity contribution in [3.05, 3.63) is 47.5 Å². The molecule has 0 spiro atoms. The number of benzene rings is 2. The summed E-state index contributed by atoms with van der Waals surface area (Å²) in [4.78, 5) is 18.0. The Morgan fingerprint density at radius 2 is 2.11 bits per heavy atom. The molecule has 3 aromatic rings. The fraction of sp³-hybridized carbons (Fsp3) is 0.250. The molecule has 0 saturated heterocycles. The third kappa shape index (κ3) is 5.02. The van der Waals surface area contributed by atoms with Gasteiger partial charge in [-0.25, -0.2) is 4.98 Å². The highest BCUT2D eigenvalue weighted by atomic mass is 35.5. The Morgan fingerprint density at radius 1 is 1.29 bits per heavy atom. The number of imidazole rings is 1. The number of nitrogens with one attached hydrogen (secondary N) is 1. The minimum atomic E-state index is -0.108. The zero-order chi connectivity index (χ0) is 19.9. The molecular weight excluding hydrogens is 412 g/mol. The van der Waals surface area contributed by atoms with Crippen molar-refractivity contribution in [3.63, 3.8) is 0 Å². The van der Waals surface area contributed by atoms with Gasteiger partial charge in [-0.3, -0.25) is 4.79 Å². The lowest BCUT2D eigenvalue weighted by Crippen LogP contribution is -2.15. The standard InChI is InChI=1S/C20H19ClN4OS2/c1-2-10-25-17-8-7-14(21)12-16(17)24-20(25)28-13-19(26)23-15-5-3-4-6-18(15)27-11-9-22/h3-8,12H,2,10-11,13H2,1H3,(H,23,26). The van der Waals surface area contributed by atoms with Gasteiger partial charge in [-0.15, -0.1) is 11.8 Å². The first-order chi connectivity index (χ1) is 13.6. The van der Waals surface area contributed by atoms with E-state index in [1.54, 1.807) is 0 Å². The lowest BCUT2D eigenvalue weighted by atomic mass is 10.3. The molecule has 0 radical (unpaired) electrons. The summed E-state index contributed by atoms with van der Waals surface area (Å²) in [5.41, 5.74) is 2.58. The van der Waals surface area contributed by atoms with E-state index < -0.39 is 0 Å². The third-order valence-corrected chi connectivity index (χ3v) is 6.06. The molecule has 5 nitrogen and oxygen atoms in total. The quantitative estimate of drug-likeness (QED) is 0.481. The highest BCUT2D eigenvalue weighted by molar-refractivity contribution is 8.00. The summed E-state index contributed by atoms with van der Waals surface area (Å²) in [5, 5.41) is 13.2. The first-order valence-electron chi connectivity index (χ1n) is 8.79. The summed E-state index contributed by atoms with van der Waals surface area (Å²) in [6.45, 7) is 2.94. The highest BCUT2D eigenvalue weighted by Crippen LogP contribution is 2.29. The maximum atomic E-state index is 12.5. The lowest BCUT2D eigenvalue weighted by molar-refractivity contribution is -0.113. The van der Waals surface area contributed by atoms with Crippen molar-refractivity contribution in [2.75, 3.05) is 16.8 Å². The van der Waals surface area contributed by atoms with Crippen LogP contribution in [0.1, 0.15) is 13.3 Å². The minimum absolute atomic E-state index is 0.108. The molecule has 0 aliphatic heterocycles. The number of rotatable bonds is 8. The van der Waals surface area contributed by atoms with Gasteiger partial charge in [0.1, 0.15) is 0 Å². The summed E-state index contributed by atoms with van der Waals surface area (Å²) in [6, 6.07) is 15.3. The highest BCUT2D eigenvalue weighted by Gasteiger charge is 2.14. The van der Waals surface area contributed by atoms with Gasteiger partial charge in [0.2, 0.25) is 5.91 Å². The number of anilines is 1. The first kappa shape index (κ1) is 20.6. The fourth-order valence-electron chi connectivity index (χ4n) is 2.75. The van der Waals surface area contributed by atoms with Crippen LogP contribution in [0.2, 0.25) is 5.02 Å². The van der Waals surface area contributed by atoms with Crippen LogP contribution in [0.5, 0.6) is 0 Å². The van der Waals surface area contributed by atoms with Crippen LogP contribution < -0.4 is 5.32 Å². The van der Waals surface area contributed by atoms with Crippen molar-refractivity contribution in [1.29, 1.82) is 5.26 Å². The summed E-state index contributed by atoms with van der Waals surface area (Å²) < 4.78 is 2.13. The minimum Gasteiger partial charge on any atom is -0.324 e. The van der Waals surface area contributed by atoms with E-state index in [-0.39, 0.29) is 11.7 Å². The topological polar surface area (TPSA) is 70.7 Å². The maximum Gasteiger partial charge on any atom is 0.234 e. The predicted octanol–water partition coefficient (Wildman–Crippen LogP) is 5.45. The number of carbonyl (C=O) groups excluding carboxylic acids is 1. The van der Waals surface area contributed by atoms with E-state index in [1.807, 2.05) is 42.5 Å². The molecule has 1 amide bonds. The number of nitrogens with zero attached hydrogens (tertiary/aromatic N) is 3. The van der Waals surface area contributed by atoms with Crippen LogP contribution >= 0.6 is 35.1 Å². The Morgan fingerprint density at radius 3 is 2.89 bits per heavy atom. The molecule has 0 fully saturated rings. The number of carbonyl (C=O) groups is 1. The molecule has 8 heteroatoms. The molecule has 1 N–H and O–H groups in total. The van der Waals surface area contributed by atoms with E-state index >= 15 is 0 Å². The van der Waals surface area contributed by atoms with Crippen LogP contribution in [0, 0.1) is 11.3 Å². The molecule has 0 unspecified atom stereocenters. The number of halogens is 1. The van der Waals surface area contributed by atoms with Gasteiger partial charge in [0.05, 0.1) is 34.3 Å². The first-order valence-corrected chi connectivity index (χ1v) is 11.1. The Hall–Kier alpha value is -2.14. The molecule has 144 valence electrons. The van der Waals surface area contributed by atoms with Gasteiger partial charge in [-0.05, 0) is 36.8 Å².